The van der Waals surface area contributed by atoms with Crippen molar-refractivity contribution in [3.05, 3.63) is 18.0 Å². The van der Waals surface area contributed by atoms with Gasteiger partial charge in [-0.3, -0.25) is 4.68 Å². The van der Waals surface area contributed by atoms with Crippen molar-refractivity contribution < 1.29 is 4.79 Å². The van der Waals surface area contributed by atoms with Gasteiger partial charge in [-0.05, 0) is 6.07 Å². The van der Waals surface area contributed by atoms with Crippen molar-refractivity contribution in [2.75, 3.05) is 33.7 Å². The molecule has 0 aliphatic carbocycles. The Morgan fingerprint density at radius 2 is 2.18 bits per heavy atom. The van der Waals surface area contributed by atoms with Gasteiger partial charge < -0.3 is 15.5 Å². The zero-order valence-electron chi connectivity index (χ0n) is 10.7. The highest BCUT2D eigenvalue weighted by Gasteiger charge is 2.01. The van der Waals surface area contributed by atoms with Gasteiger partial charge in [0.2, 0.25) is 0 Å². The lowest BCUT2D eigenvalue weighted by Crippen LogP contribution is -2.38. The first kappa shape index (κ1) is 13.5. The molecule has 0 unspecified atom stereocenters. The van der Waals surface area contributed by atoms with Gasteiger partial charge in [0.05, 0.1) is 0 Å². The monoisotopic (exact) mass is 239 g/mol. The number of hydrogen-bond donors (Lipinski definition) is 2. The number of urea groups is 1. The van der Waals surface area contributed by atoms with Crippen LogP contribution in [0.5, 0.6) is 0 Å². The van der Waals surface area contributed by atoms with E-state index in [-0.39, 0.29) is 6.03 Å². The first-order chi connectivity index (χ1) is 8.11. The summed E-state index contributed by atoms with van der Waals surface area (Å²) in [6, 6.07) is 1.95. The first-order valence-electron chi connectivity index (χ1n) is 5.74. The summed E-state index contributed by atoms with van der Waals surface area (Å²) in [5.41, 5.74) is 1.20. The maximum atomic E-state index is 11.2. The number of nitrogens with zero attached hydrogens (tertiary/aromatic N) is 3. The summed E-state index contributed by atoms with van der Waals surface area (Å²) in [5.74, 6) is 0. The van der Waals surface area contributed by atoms with Crippen LogP contribution in [0.4, 0.5) is 4.79 Å². The van der Waals surface area contributed by atoms with Crippen molar-refractivity contribution in [2.45, 2.75) is 6.42 Å². The average Bonchev–Trinajstić information content (AvgIpc) is 2.68. The summed E-state index contributed by atoms with van der Waals surface area (Å²) in [7, 11) is 5.39. The molecule has 0 bridgehead atoms. The SMILES string of the molecule is CN(C)C(=O)NCCNCCc1ccnn1C. The van der Waals surface area contributed by atoms with Crippen LogP contribution in [0.2, 0.25) is 0 Å². The van der Waals surface area contributed by atoms with E-state index in [0.29, 0.717) is 6.54 Å². The standard InChI is InChI=1S/C11H21N5O/c1-15(2)11(17)13-9-8-12-6-4-10-5-7-14-16(10)3/h5,7,12H,4,6,8-9H2,1-3H3,(H,13,17). The Labute approximate surface area is 102 Å². The Kier molecular flexibility index (Phi) is 5.48. The van der Waals surface area contributed by atoms with Crippen LogP contribution in [0, 0.1) is 0 Å². The predicted molar refractivity (Wildman–Crippen MR) is 66.9 cm³/mol. The van der Waals surface area contributed by atoms with Gasteiger partial charge in [-0.2, -0.15) is 5.10 Å². The van der Waals surface area contributed by atoms with Crippen LogP contribution in [0.1, 0.15) is 5.69 Å². The van der Waals surface area contributed by atoms with Gasteiger partial charge in [0.1, 0.15) is 0 Å². The second-order valence-electron chi connectivity index (χ2n) is 4.07. The number of carbonyl (C=O) groups is 1. The Hall–Kier alpha value is -1.56. The summed E-state index contributed by atoms with van der Waals surface area (Å²) < 4.78 is 1.87. The molecule has 6 heteroatoms. The molecular weight excluding hydrogens is 218 g/mol. The number of rotatable bonds is 6. The van der Waals surface area contributed by atoms with Gasteiger partial charge in [0, 0.05) is 59.1 Å². The normalized spacial score (nSPS) is 10.3. The van der Waals surface area contributed by atoms with Crippen LogP contribution in [0.3, 0.4) is 0 Å². The third-order valence-electron chi connectivity index (χ3n) is 2.46. The summed E-state index contributed by atoms with van der Waals surface area (Å²) in [4.78, 5) is 12.7. The predicted octanol–water partition coefficient (Wildman–Crippen LogP) is -0.177. The zero-order valence-corrected chi connectivity index (χ0v) is 10.7. The molecule has 1 rings (SSSR count). The molecule has 6 nitrogen and oxygen atoms in total. The third-order valence-corrected chi connectivity index (χ3v) is 2.46. The van der Waals surface area contributed by atoms with E-state index in [1.54, 1.807) is 20.3 Å². The Morgan fingerprint density at radius 3 is 2.76 bits per heavy atom. The molecule has 0 saturated heterocycles. The van der Waals surface area contributed by atoms with Gasteiger partial charge in [-0.15, -0.1) is 0 Å². The Balaban J connectivity index is 2.02. The van der Waals surface area contributed by atoms with Gasteiger partial charge >= 0.3 is 6.03 Å². The third kappa shape index (κ3) is 4.86. The van der Waals surface area contributed by atoms with Crippen molar-refractivity contribution in [2.24, 2.45) is 7.05 Å². The fraction of sp³-hybridized carbons (Fsp3) is 0.636. The highest BCUT2D eigenvalue weighted by atomic mass is 16.2. The minimum atomic E-state index is -0.0570. The number of aryl methyl sites for hydroxylation is 1. The second kappa shape index (κ2) is 6.90. The lowest BCUT2D eigenvalue weighted by Gasteiger charge is -2.12. The van der Waals surface area contributed by atoms with E-state index in [9.17, 15) is 4.79 Å². The lowest BCUT2D eigenvalue weighted by atomic mass is 10.3. The number of aromatic nitrogens is 2. The van der Waals surface area contributed by atoms with Gasteiger partial charge in [-0.25, -0.2) is 4.79 Å². The van der Waals surface area contributed by atoms with Crippen LogP contribution in [-0.2, 0) is 13.5 Å². The van der Waals surface area contributed by atoms with Crippen LogP contribution >= 0.6 is 0 Å². The maximum Gasteiger partial charge on any atom is 0.316 e. The molecular formula is C11H21N5O. The van der Waals surface area contributed by atoms with Crippen LogP contribution in [-0.4, -0.2) is 54.4 Å². The molecule has 0 aromatic carbocycles. The maximum absolute atomic E-state index is 11.2. The molecule has 0 saturated carbocycles. The molecule has 0 radical (unpaired) electrons. The zero-order chi connectivity index (χ0) is 12.7. The fourth-order valence-electron chi connectivity index (χ4n) is 1.40. The van der Waals surface area contributed by atoms with Crippen LogP contribution < -0.4 is 10.6 Å². The van der Waals surface area contributed by atoms with Crippen molar-refractivity contribution in [3.63, 3.8) is 0 Å². The van der Waals surface area contributed by atoms with Crippen LogP contribution in [0.25, 0.3) is 0 Å². The molecule has 0 atom stereocenters. The van der Waals surface area contributed by atoms with E-state index in [1.165, 1.54) is 10.6 Å². The minimum Gasteiger partial charge on any atom is -0.337 e. The van der Waals surface area contributed by atoms with E-state index in [0.717, 1.165) is 19.5 Å². The second-order valence-corrected chi connectivity index (χ2v) is 4.07. The fourth-order valence-corrected chi connectivity index (χ4v) is 1.40. The van der Waals surface area contributed by atoms with Gasteiger partial charge in [-0.1, -0.05) is 0 Å². The summed E-state index contributed by atoms with van der Waals surface area (Å²) in [6.07, 6.45) is 2.74. The highest BCUT2D eigenvalue weighted by molar-refractivity contribution is 5.73. The van der Waals surface area contributed by atoms with Crippen molar-refractivity contribution in [3.8, 4) is 0 Å². The van der Waals surface area contributed by atoms with Crippen molar-refractivity contribution in [1.29, 1.82) is 0 Å². The smallest absolute Gasteiger partial charge is 0.316 e. The van der Waals surface area contributed by atoms with E-state index < -0.39 is 0 Å². The Morgan fingerprint density at radius 1 is 1.41 bits per heavy atom. The summed E-state index contributed by atoms with van der Waals surface area (Å²) in [5, 5.41) is 10.2. The molecule has 2 amide bonds. The van der Waals surface area contributed by atoms with E-state index >= 15 is 0 Å². The number of hydrogen-bond acceptors (Lipinski definition) is 3. The van der Waals surface area contributed by atoms with E-state index in [4.69, 9.17) is 0 Å². The largest absolute Gasteiger partial charge is 0.337 e. The molecule has 1 aromatic heterocycles. The number of nitrogens with one attached hydrogen (secondary N) is 2. The molecule has 17 heavy (non-hydrogen) atoms. The molecule has 0 spiro atoms. The molecule has 96 valence electrons. The number of carbonyl (C=O) groups excluding carboxylic acids is 1. The van der Waals surface area contributed by atoms with Crippen LogP contribution in [0.15, 0.2) is 12.3 Å². The Bertz CT molecular complexity index is 347. The number of amides is 2. The van der Waals surface area contributed by atoms with E-state index in [1.807, 2.05) is 17.8 Å². The summed E-state index contributed by atoms with van der Waals surface area (Å²) in [6.45, 7) is 2.30. The molecule has 0 aliphatic heterocycles. The molecule has 1 aromatic rings. The lowest BCUT2D eigenvalue weighted by molar-refractivity contribution is 0.217. The quantitative estimate of drug-likeness (QED) is 0.677. The summed E-state index contributed by atoms with van der Waals surface area (Å²) >= 11 is 0. The molecule has 0 aliphatic rings. The van der Waals surface area contributed by atoms with E-state index in [2.05, 4.69) is 15.7 Å². The molecule has 2 N–H and O–H groups in total. The molecule has 0 fully saturated rings. The topological polar surface area (TPSA) is 62.2 Å². The van der Waals surface area contributed by atoms with Crippen molar-refractivity contribution in [1.82, 2.24) is 25.3 Å². The first-order valence-corrected chi connectivity index (χ1v) is 5.74. The van der Waals surface area contributed by atoms with Gasteiger partial charge in [0.15, 0.2) is 0 Å². The average molecular weight is 239 g/mol. The molecule has 1 heterocycles. The minimum absolute atomic E-state index is 0.0570. The van der Waals surface area contributed by atoms with Gasteiger partial charge in [0.25, 0.3) is 0 Å². The van der Waals surface area contributed by atoms with Crippen molar-refractivity contribution >= 4 is 6.03 Å². The highest BCUT2D eigenvalue weighted by Crippen LogP contribution is 1.95.